The highest BCUT2D eigenvalue weighted by atomic mass is 35.5. The Labute approximate surface area is 127 Å². The Morgan fingerprint density at radius 3 is 2.81 bits per heavy atom. The Balaban J connectivity index is 1.74. The molecule has 4 nitrogen and oxygen atoms in total. The second kappa shape index (κ2) is 5.66. The van der Waals surface area contributed by atoms with Gasteiger partial charge in [0.05, 0.1) is 6.04 Å². The van der Waals surface area contributed by atoms with Crippen LogP contribution in [0.2, 0.25) is 5.02 Å². The Morgan fingerprint density at radius 1 is 1.19 bits per heavy atom. The highest BCUT2D eigenvalue weighted by molar-refractivity contribution is 6.30. The van der Waals surface area contributed by atoms with Crippen molar-refractivity contribution in [1.82, 2.24) is 5.32 Å². The summed E-state index contributed by atoms with van der Waals surface area (Å²) in [4.78, 5) is 12.2. The Kier molecular flexibility index (Phi) is 3.71. The number of hydrogen-bond donors (Lipinski definition) is 1. The van der Waals surface area contributed by atoms with Crippen LogP contribution >= 0.6 is 11.6 Å². The number of ether oxygens (including phenoxy) is 2. The Morgan fingerprint density at radius 2 is 2.00 bits per heavy atom. The van der Waals surface area contributed by atoms with E-state index < -0.39 is 0 Å². The minimum atomic E-state index is -0.164. The van der Waals surface area contributed by atoms with Gasteiger partial charge >= 0.3 is 0 Å². The maximum absolute atomic E-state index is 12.2. The van der Waals surface area contributed by atoms with Crippen molar-refractivity contribution in [3.63, 3.8) is 0 Å². The van der Waals surface area contributed by atoms with E-state index in [1.54, 1.807) is 24.3 Å². The van der Waals surface area contributed by atoms with Crippen LogP contribution in [0.1, 0.15) is 28.9 Å². The van der Waals surface area contributed by atoms with E-state index in [2.05, 4.69) is 5.32 Å². The summed E-state index contributed by atoms with van der Waals surface area (Å²) in [5.74, 6) is 1.27. The molecule has 0 bridgehead atoms. The molecule has 0 saturated carbocycles. The first-order valence-corrected chi connectivity index (χ1v) is 6.97. The zero-order valence-corrected chi connectivity index (χ0v) is 12.2. The molecule has 0 radical (unpaired) electrons. The van der Waals surface area contributed by atoms with Crippen LogP contribution in [0.25, 0.3) is 0 Å². The van der Waals surface area contributed by atoms with Crippen LogP contribution in [0.5, 0.6) is 11.5 Å². The molecule has 5 heteroatoms. The molecular formula is C16H14ClNO3. The monoisotopic (exact) mass is 303 g/mol. The summed E-state index contributed by atoms with van der Waals surface area (Å²) >= 11 is 5.90. The number of fused-ring (bicyclic) bond motifs is 1. The Bertz CT molecular complexity index is 687. The Hall–Kier alpha value is -2.20. The van der Waals surface area contributed by atoms with E-state index in [1.807, 2.05) is 25.1 Å². The predicted molar refractivity (Wildman–Crippen MR) is 79.9 cm³/mol. The first-order chi connectivity index (χ1) is 10.1. The zero-order chi connectivity index (χ0) is 14.8. The van der Waals surface area contributed by atoms with E-state index in [0.717, 1.165) is 11.3 Å². The maximum Gasteiger partial charge on any atom is 0.251 e. The third kappa shape index (κ3) is 2.95. The number of benzene rings is 2. The predicted octanol–water partition coefficient (Wildman–Crippen LogP) is 3.56. The summed E-state index contributed by atoms with van der Waals surface area (Å²) in [6.45, 7) is 2.15. The van der Waals surface area contributed by atoms with Gasteiger partial charge in [0, 0.05) is 10.6 Å². The van der Waals surface area contributed by atoms with Crippen molar-refractivity contribution in [2.75, 3.05) is 6.79 Å². The van der Waals surface area contributed by atoms with Gasteiger partial charge in [-0.1, -0.05) is 23.7 Å². The van der Waals surface area contributed by atoms with Crippen LogP contribution in [0.15, 0.2) is 42.5 Å². The van der Waals surface area contributed by atoms with Gasteiger partial charge in [-0.3, -0.25) is 4.79 Å². The van der Waals surface area contributed by atoms with Crippen LogP contribution in [0, 0.1) is 0 Å². The number of nitrogens with one attached hydrogen (secondary N) is 1. The van der Waals surface area contributed by atoms with E-state index >= 15 is 0 Å². The number of rotatable bonds is 3. The molecule has 0 saturated heterocycles. The van der Waals surface area contributed by atoms with Crippen molar-refractivity contribution in [3.05, 3.63) is 58.6 Å². The summed E-state index contributed by atoms with van der Waals surface area (Å²) in [6.07, 6.45) is 0. The summed E-state index contributed by atoms with van der Waals surface area (Å²) in [7, 11) is 0. The molecule has 0 spiro atoms. The zero-order valence-electron chi connectivity index (χ0n) is 11.4. The smallest absolute Gasteiger partial charge is 0.251 e. The van der Waals surface area contributed by atoms with E-state index in [-0.39, 0.29) is 18.7 Å². The molecule has 0 aromatic heterocycles. The van der Waals surface area contributed by atoms with Crippen molar-refractivity contribution >= 4 is 17.5 Å². The van der Waals surface area contributed by atoms with Gasteiger partial charge in [0.15, 0.2) is 11.5 Å². The molecule has 1 N–H and O–H groups in total. The third-order valence-corrected chi connectivity index (χ3v) is 3.57. The molecular weight excluding hydrogens is 290 g/mol. The average molecular weight is 304 g/mol. The van der Waals surface area contributed by atoms with Crippen LogP contribution in [0.3, 0.4) is 0 Å². The molecule has 1 aliphatic rings. The first kappa shape index (κ1) is 13.8. The van der Waals surface area contributed by atoms with Crippen LogP contribution in [0.4, 0.5) is 0 Å². The van der Waals surface area contributed by atoms with Gasteiger partial charge in [0.1, 0.15) is 0 Å². The number of carbonyl (C=O) groups excluding carboxylic acids is 1. The van der Waals surface area contributed by atoms with E-state index in [1.165, 1.54) is 0 Å². The molecule has 1 amide bonds. The summed E-state index contributed by atoms with van der Waals surface area (Å²) < 4.78 is 10.6. The van der Waals surface area contributed by atoms with Gasteiger partial charge in [0.2, 0.25) is 6.79 Å². The molecule has 1 atom stereocenters. The molecule has 0 aliphatic carbocycles. The molecule has 1 aliphatic heterocycles. The lowest BCUT2D eigenvalue weighted by Gasteiger charge is -2.15. The lowest BCUT2D eigenvalue weighted by atomic mass is 10.1. The van der Waals surface area contributed by atoms with Crippen molar-refractivity contribution in [2.24, 2.45) is 0 Å². The number of hydrogen-bond acceptors (Lipinski definition) is 3. The highest BCUT2D eigenvalue weighted by Gasteiger charge is 2.17. The van der Waals surface area contributed by atoms with Gasteiger partial charge < -0.3 is 14.8 Å². The topological polar surface area (TPSA) is 47.6 Å². The lowest BCUT2D eigenvalue weighted by Crippen LogP contribution is -2.26. The average Bonchev–Trinajstić information content (AvgIpc) is 2.94. The molecule has 21 heavy (non-hydrogen) atoms. The van der Waals surface area contributed by atoms with Crippen molar-refractivity contribution in [1.29, 1.82) is 0 Å². The lowest BCUT2D eigenvalue weighted by molar-refractivity contribution is 0.0940. The van der Waals surface area contributed by atoms with Crippen molar-refractivity contribution in [3.8, 4) is 11.5 Å². The van der Waals surface area contributed by atoms with E-state index in [4.69, 9.17) is 21.1 Å². The van der Waals surface area contributed by atoms with Crippen LogP contribution in [-0.2, 0) is 0 Å². The van der Waals surface area contributed by atoms with Gasteiger partial charge in [-0.15, -0.1) is 0 Å². The number of carbonyl (C=O) groups is 1. The minimum absolute atomic E-state index is 0.147. The minimum Gasteiger partial charge on any atom is -0.454 e. The van der Waals surface area contributed by atoms with E-state index in [0.29, 0.717) is 16.3 Å². The standard InChI is InChI=1S/C16H14ClNO3/c1-10(11-5-6-14-15(8-11)21-9-20-14)18-16(19)12-3-2-4-13(17)7-12/h2-8,10H,9H2,1H3,(H,18,19). The maximum atomic E-state index is 12.2. The SMILES string of the molecule is CC(NC(=O)c1cccc(Cl)c1)c1ccc2c(c1)OCO2. The second-order valence-corrected chi connectivity index (χ2v) is 5.25. The molecule has 1 heterocycles. The molecule has 2 aromatic rings. The van der Waals surface area contributed by atoms with Gasteiger partial charge in [-0.05, 0) is 42.8 Å². The van der Waals surface area contributed by atoms with Crippen molar-refractivity contribution < 1.29 is 14.3 Å². The molecule has 1 unspecified atom stereocenters. The fourth-order valence-corrected chi connectivity index (χ4v) is 2.37. The number of halogens is 1. The highest BCUT2D eigenvalue weighted by Crippen LogP contribution is 2.34. The van der Waals surface area contributed by atoms with Crippen LogP contribution < -0.4 is 14.8 Å². The summed E-state index contributed by atoms with van der Waals surface area (Å²) in [6, 6.07) is 12.4. The molecule has 0 fully saturated rings. The molecule has 3 rings (SSSR count). The van der Waals surface area contributed by atoms with Crippen molar-refractivity contribution in [2.45, 2.75) is 13.0 Å². The molecule has 108 valence electrons. The molecule has 2 aromatic carbocycles. The quantitative estimate of drug-likeness (QED) is 0.943. The van der Waals surface area contributed by atoms with Gasteiger partial charge in [-0.25, -0.2) is 0 Å². The second-order valence-electron chi connectivity index (χ2n) is 4.82. The van der Waals surface area contributed by atoms with Gasteiger partial charge in [0.25, 0.3) is 5.91 Å². The fraction of sp³-hybridized carbons (Fsp3) is 0.188. The van der Waals surface area contributed by atoms with Crippen LogP contribution in [-0.4, -0.2) is 12.7 Å². The summed E-state index contributed by atoms with van der Waals surface area (Å²) in [5, 5.41) is 3.48. The van der Waals surface area contributed by atoms with E-state index in [9.17, 15) is 4.79 Å². The normalized spacial score (nSPS) is 13.8. The number of amides is 1. The largest absolute Gasteiger partial charge is 0.454 e. The van der Waals surface area contributed by atoms with Gasteiger partial charge in [-0.2, -0.15) is 0 Å². The summed E-state index contributed by atoms with van der Waals surface area (Å²) in [5.41, 5.74) is 1.49. The fourth-order valence-electron chi connectivity index (χ4n) is 2.18. The first-order valence-electron chi connectivity index (χ1n) is 6.59. The third-order valence-electron chi connectivity index (χ3n) is 3.33.